The minimum absolute atomic E-state index is 0.0659. The Labute approximate surface area is 97.8 Å². The lowest BCUT2D eigenvalue weighted by atomic mass is 10.3. The number of hydrogen-bond donors (Lipinski definition) is 0. The molecule has 16 heavy (non-hydrogen) atoms. The average molecular weight is 291 g/mol. The summed E-state index contributed by atoms with van der Waals surface area (Å²) in [6.07, 6.45) is -3.16. The van der Waals surface area contributed by atoms with E-state index in [1.807, 2.05) is 0 Å². The number of nitrogens with zero attached hydrogens (tertiary/aromatic N) is 2. The molecular formula is C10H6BrF3N2. The van der Waals surface area contributed by atoms with Gasteiger partial charge in [0, 0.05) is 6.20 Å². The summed E-state index contributed by atoms with van der Waals surface area (Å²) in [6.45, 7) is 0. The van der Waals surface area contributed by atoms with Crippen LogP contribution in [0.5, 0.6) is 0 Å². The van der Waals surface area contributed by atoms with Crippen LogP contribution in [0.1, 0.15) is 5.69 Å². The van der Waals surface area contributed by atoms with Crippen molar-refractivity contribution >= 4 is 15.9 Å². The predicted octanol–water partition coefficient (Wildman–Crippen LogP) is 3.65. The van der Waals surface area contributed by atoms with Gasteiger partial charge in [-0.2, -0.15) is 18.3 Å². The van der Waals surface area contributed by atoms with Gasteiger partial charge in [-0.05, 0) is 28.1 Å². The van der Waals surface area contributed by atoms with Crippen LogP contribution < -0.4 is 0 Å². The second-order valence-electron chi connectivity index (χ2n) is 3.10. The van der Waals surface area contributed by atoms with Gasteiger partial charge in [0.15, 0.2) is 5.69 Å². The van der Waals surface area contributed by atoms with Crippen molar-refractivity contribution in [3.05, 3.63) is 46.7 Å². The van der Waals surface area contributed by atoms with E-state index < -0.39 is 11.9 Å². The highest BCUT2D eigenvalue weighted by Gasteiger charge is 2.36. The van der Waals surface area contributed by atoms with Crippen LogP contribution in [0.4, 0.5) is 13.2 Å². The Balaban J connectivity index is 2.47. The van der Waals surface area contributed by atoms with Crippen molar-refractivity contribution in [2.75, 3.05) is 0 Å². The van der Waals surface area contributed by atoms with Gasteiger partial charge in [0.05, 0.1) is 10.2 Å². The van der Waals surface area contributed by atoms with Gasteiger partial charge in [0.1, 0.15) is 0 Å². The molecule has 1 aromatic heterocycles. The monoisotopic (exact) mass is 290 g/mol. The van der Waals surface area contributed by atoms with Crippen molar-refractivity contribution in [1.29, 1.82) is 0 Å². The molecule has 0 aliphatic heterocycles. The third-order valence-corrected chi connectivity index (χ3v) is 2.54. The molecule has 2 nitrogen and oxygen atoms in total. The molecule has 2 rings (SSSR count). The van der Waals surface area contributed by atoms with E-state index in [2.05, 4.69) is 21.0 Å². The lowest BCUT2D eigenvalue weighted by molar-refractivity contribution is -0.141. The standard InChI is InChI=1S/C10H6BrF3N2/c11-8-6-16(7-4-2-1-3-5-7)15-9(8)10(12,13)14/h1-6H. The summed E-state index contributed by atoms with van der Waals surface area (Å²) < 4.78 is 38.5. The summed E-state index contributed by atoms with van der Waals surface area (Å²) in [6, 6.07) is 8.61. The zero-order valence-corrected chi connectivity index (χ0v) is 9.46. The molecule has 0 bridgehead atoms. The zero-order valence-electron chi connectivity index (χ0n) is 7.87. The molecule has 84 valence electrons. The number of para-hydroxylation sites is 1. The van der Waals surface area contributed by atoms with E-state index in [-0.39, 0.29) is 4.47 Å². The van der Waals surface area contributed by atoms with Gasteiger partial charge in [0.2, 0.25) is 0 Å². The molecule has 0 atom stereocenters. The molecule has 0 aliphatic rings. The first kappa shape index (κ1) is 11.2. The highest BCUT2D eigenvalue weighted by atomic mass is 79.9. The van der Waals surface area contributed by atoms with Crippen molar-refractivity contribution in [2.24, 2.45) is 0 Å². The van der Waals surface area contributed by atoms with Gasteiger partial charge in [-0.15, -0.1) is 0 Å². The van der Waals surface area contributed by atoms with E-state index in [0.29, 0.717) is 5.69 Å². The fraction of sp³-hybridized carbons (Fsp3) is 0.100. The largest absolute Gasteiger partial charge is 0.436 e. The van der Waals surface area contributed by atoms with Gasteiger partial charge in [0.25, 0.3) is 0 Å². The topological polar surface area (TPSA) is 17.8 Å². The molecule has 0 aliphatic carbocycles. The fourth-order valence-corrected chi connectivity index (χ4v) is 1.76. The molecule has 0 N–H and O–H groups in total. The zero-order chi connectivity index (χ0) is 11.8. The number of hydrogen-bond acceptors (Lipinski definition) is 1. The Morgan fingerprint density at radius 2 is 1.75 bits per heavy atom. The summed E-state index contributed by atoms with van der Waals surface area (Å²) in [7, 11) is 0. The van der Waals surface area contributed by atoms with Crippen molar-refractivity contribution in [2.45, 2.75) is 6.18 Å². The van der Waals surface area contributed by atoms with Crippen LogP contribution in [0.2, 0.25) is 0 Å². The molecule has 0 saturated heterocycles. The van der Waals surface area contributed by atoms with Gasteiger partial charge in [-0.1, -0.05) is 18.2 Å². The van der Waals surface area contributed by atoms with Crippen molar-refractivity contribution < 1.29 is 13.2 Å². The van der Waals surface area contributed by atoms with E-state index in [1.54, 1.807) is 30.3 Å². The Bertz CT molecular complexity index is 491. The Morgan fingerprint density at radius 3 is 2.25 bits per heavy atom. The molecule has 0 unspecified atom stereocenters. The lowest BCUT2D eigenvalue weighted by Crippen LogP contribution is -2.07. The maximum Gasteiger partial charge on any atom is 0.436 e. The molecule has 0 saturated carbocycles. The summed E-state index contributed by atoms with van der Waals surface area (Å²) in [5, 5.41) is 3.50. The van der Waals surface area contributed by atoms with Crippen LogP contribution in [0.25, 0.3) is 5.69 Å². The number of benzene rings is 1. The van der Waals surface area contributed by atoms with Gasteiger partial charge >= 0.3 is 6.18 Å². The highest BCUT2D eigenvalue weighted by Crippen LogP contribution is 2.33. The van der Waals surface area contributed by atoms with E-state index in [1.165, 1.54) is 10.9 Å². The van der Waals surface area contributed by atoms with Crippen molar-refractivity contribution in [3.63, 3.8) is 0 Å². The van der Waals surface area contributed by atoms with Crippen molar-refractivity contribution in [1.82, 2.24) is 9.78 Å². The number of rotatable bonds is 1. The average Bonchev–Trinajstić information content (AvgIpc) is 2.61. The smallest absolute Gasteiger partial charge is 0.239 e. The molecule has 0 amide bonds. The van der Waals surface area contributed by atoms with E-state index in [0.717, 1.165) is 0 Å². The highest BCUT2D eigenvalue weighted by molar-refractivity contribution is 9.10. The van der Waals surface area contributed by atoms with Crippen molar-refractivity contribution in [3.8, 4) is 5.69 Å². The maximum atomic E-state index is 12.5. The third-order valence-electron chi connectivity index (χ3n) is 1.96. The first-order valence-electron chi connectivity index (χ1n) is 4.36. The molecule has 6 heteroatoms. The summed E-state index contributed by atoms with van der Waals surface area (Å²) in [5.41, 5.74) is -0.338. The molecule has 1 heterocycles. The number of aromatic nitrogens is 2. The van der Waals surface area contributed by atoms with Crippen LogP contribution in [0.3, 0.4) is 0 Å². The van der Waals surface area contributed by atoms with Gasteiger partial charge < -0.3 is 0 Å². The second-order valence-corrected chi connectivity index (χ2v) is 3.96. The molecule has 0 radical (unpaired) electrons. The molecule has 2 aromatic rings. The van der Waals surface area contributed by atoms with Crippen LogP contribution in [0.15, 0.2) is 41.0 Å². The minimum Gasteiger partial charge on any atom is -0.239 e. The predicted molar refractivity (Wildman–Crippen MR) is 56.3 cm³/mol. The van der Waals surface area contributed by atoms with E-state index >= 15 is 0 Å². The quantitative estimate of drug-likeness (QED) is 0.784. The fourth-order valence-electron chi connectivity index (χ4n) is 1.26. The maximum absolute atomic E-state index is 12.5. The van der Waals surface area contributed by atoms with Crippen LogP contribution in [-0.4, -0.2) is 9.78 Å². The second kappa shape index (κ2) is 3.93. The summed E-state index contributed by atoms with van der Waals surface area (Å²) in [4.78, 5) is 0. The van der Waals surface area contributed by atoms with Gasteiger partial charge in [-0.25, -0.2) is 4.68 Å². The molecular weight excluding hydrogens is 285 g/mol. The molecule has 0 fully saturated rings. The Hall–Kier alpha value is -1.30. The number of alkyl halides is 3. The normalized spacial score (nSPS) is 11.8. The van der Waals surface area contributed by atoms with Crippen LogP contribution in [-0.2, 0) is 6.18 Å². The van der Waals surface area contributed by atoms with Gasteiger partial charge in [-0.3, -0.25) is 0 Å². The summed E-state index contributed by atoms with van der Waals surface area (Å²) in [5.74, 6) is 0. The van der Waals surface area contributed by atoms with E-state index in [9.17, 15) is 13.2 Å². The molecule has 1 aromatic carbocycles. The minimum atomic E-state index is -4.45. The summed E-state index contributed by atoms with van der Waals surface area (Å²) >= 11 is 2.85. The lowest BCUT2D eigenvalue weighted by Gasteiger charge is -2.02. The van der Waals surface area contributed by atoms with Crippen LogP contribution in [0, 0.1) is 0 Å². The Kier molecular flexibility index (Phi) is 2.75. The van der Waals surface area contributed by atoms with Crippen LogP contribution >= 0.6 is 15.9 Å². The molecule has 0 spiro atoms. The Morgan fingerprint density at radius 1 is 1.12 bits per heavy atom. The SMILES string of the molecule is FC(F)(F)c1nn(-c2ccccc2)cc1Br. The van der Waals surface area contributed by atoms with E-state index in [4.69, 9.17) is 0 Å². The first-order chi connectivity index (χ1) is 7.48. The third kappa shape index (κ3) is 2.11. The first-order valence-corrected chi connectivity index (χ1v) is 5.15. The number of halogens is 4.